The maximum absolute atomic E-state index is 10.9. The fourth-order valence-corrected chi connectivity index (χ4v) is 7.42. The van der Waals surface area contributed by atoms with Crippen molar-refractivity contribution in [3.05, 3.63) is 75.8 Å². The average Bonchev–Trinajstić information content (AvgIpc) is 2.66. The summed E-state index contributed by atoms with van der Waals surface area (Å²) < 4.78 is 0. The lowest BCUT2D eigenvalue weighted by Gasteiger charge is -2.34. The van der Waals surface area contributed by atoms with E-state index < -0.39 is 8.07 Å². The molecule has 0 aliphatic heterocycles. The van der Waals surface area contributed by atoms with Crippen molar-refractivity contribution in [3.8, 4) is 11.8 Å². The molecular formula is C21H25NO2Si. The van der Waals surface area contributed by atoms with Crippen molar-refractivity contribution in [2.75, 3.05) is 0 Å². The fraction of sp³-hybridized carbons (Fsp3) is 0.333. The van der Waals surface area contributed by atoms with Gasteiger partial charge in [0.15, 0.2) is 0 Å². The van der Waals surface area contributed by atoms with Gasteiger partial charge in [0.25, 0.3) is 5.69 Å². The van der Waals surface area contributed by atoms with E-state index in [1.54, 1.807) is 12.1 Å². The molecule has 0 saturated heterocycles. The normalized spacial score (nSPS) is 12.1. The predicted molar refractivity (Wildman–Crippen MR) is 106 cm³/mol. The van der Waals surface area contributed by atoms with Crippen molar-refractivity contribution in [1.82, 2.24) is 0 Å². The van der Waals surface area contributed by atoms with Gasteiger partial charge >= 0.3 is 0 Å². The molecular weight excluding hydrogens is 326 g/mol. The molecule has 0 aliphatic rings. The molecule has 4 heteroatoms. The molecule has 2 aromatic rings. The summed E-state index contributed by atoms with van der Waals surface area (Å²) in [6.45, 7) is 6.80. The minimum atomic E-state index is -1.63. The summed E-state index contributed by atoms with van der Waals surface area (Å²) in [7, 11) is -1.63. The van der Waals surface area contributed by atoms with Gasteiger partial charge < -0.3 is 0 Å². The van der Waals surface area contributed by atoms with Crippen molar-refractivity contribution < 1.29 is 4.92 Å². The Morgan fingerprint density at radius 3 is 2.00 bits per heavy atom. The molecule has 0 aromatic heterocycles. The summed E-state index contributed by atoms with van der Waals surface area (Å²) >= 11 is 0. The van der Waals surface area contributed by atoms with Crippen molar-refractivity contribution in [2.24, 2.45) is 0 Å². The van der Waals surface area contributed by atoms with Gasteiger partial charge in [-0.05, 0) is 17.7 Å². The summed E-state index contributed by atoms with van der Waals surface area (Å²) in [5.41, 5.74) is 2.45. The SMILES string of the molecule is CC[Si](CC)(CC)C(C#Cc1ccccc1)c1ccc([N+](=O)[O-])cc1. The van der Waals surface area contributed by atoms with Crippen molar-refractivity contribution in [3.63, 3.8) is 0 Å². The molecule has 0 aliphatic carbocycles. The van der Waals surface area contributed by atoms with Crippen LogP contribution in [0.3, 0.4) is 0 Å². The van der Waals surface area contributed by atoms with Crippen LogP contribution >= 0.6 is 0 Å². The van der Waals surface area contributed by atoms with E-state index in [0.29, 0.717) is 0 Å². The van der Waals surface area contributed by atoms with E-state index in [-0.39, 0.29) is 16.2 Å². The second-order valence-corrected chi connectivity index (χ2v) is 11.8. The molecule has 0 radical (unpaired) electrons. The van der Waals surface area contributed by atoms with Crippen LogP contribution in [0.4, 0.5) is 5.69 Å². The first-order valence-corrected chi connectivity index (χ1v) is 11.6. The first kappa shape index (κ1) is 18.9. The Labute approximate surface area is 151 Å². The van der Waals surface area contributed by atoms with Crippen LogP contribution in [0.15, 0.2) is 54.6 Å². The monoisotopic (exact) mass is 351 g/mol. The Kier molecular flexibility index (Phi) is 6.55. The summed E-state index contributed by atoms with van der Waals surface area (Å²) in [6, 6.07) is 20.5. The fourth-order valence-electron chi connectivity index (χ4n) is 3.42. The van der Waals surface area contributed by atoms with Crippen LogP contribution in [0.25, 0.3) is 0 Å². The van der Waals surface area contributed by atoms with Gasteiger partial charge in [-0.1, -0.05) is 81.1 Å². The van der Waals surface area contributed by atoms with Crippen LogP contribution < -0.4 is 0 Å². The molecule has 0 N–H and O–H groups in total. The van der Waals surface area contributed by atoms with Gasteiger partial charge in [0.1, 0.15) is 0 Å². The van der Waals surface area contributed by atoms with Crippen LogP contribution in [-0.4, -0.2) is 13.0 Å². The molecule has 0 heterocycles. The van der Waals surface area contributed by atoms with E-state index in [2.05, 4.69) is 32.6 Å². The van der Waals surface area contributed by atoms with Crippen molar-refractivity contribution in [1.29, 1.82) is 0 Å². The Balaban J connectivity index is 2.48. The van der Waals surface area contributed by atoms with E-state index in [4.69, 9.17) is 0 Å². The molecule has 130 valence electrons. The number of hydrogen-bond acceptors (Lipinski definition) is 2. The molecule has 0 amide bonds. The Morgan fingerprint density at radius 2 is 1.52 bits per heavy atom. The molecule has 25 heavy (non-hydrogen) atoms. The largest absolute Gasteiger partial charge is 0.269 e. The lowest BCUT2D eigenvalue weighted by atomic mass is 10.1. The number of benzene rings is 2. The zero-order chi connectivity index (χ0) is 18.3. The molecule has 0 saturated carbocycles. The molecule has 0 spiro atoms. The molecule has 1 unspecified atom stereocenters. The van der Waals surface area contributed by atoms with E-state index in [9.17, 15) is 10.1 Å². The third-order valence-corrected chi connectivity index (χ3v) is 11.2. The first-order valence-electron chi connectivity index (χ1n) is 8.87. The maximum Gasteiger partial charge on any atom is 0.269 e. The van der Waals surface area contributed by atoms with E-state index in [1.165, 1.54) is 0 Å². The molecule has 0 bridgehead atoms. The van der Waals surface area contributed by atoms with E-state index in [0.717, 1.165) is 29.3 Å². The number of hydrogen-bond donors (Lipinski definition) is 0. The highest BCUT2D eigenvalue weighted by Crippen LogP contribution is 2.36. The minimum Gasteiger partial charge on any atom is -0.258 e. The average molecular weight is 352 g/mol. The second kappa shape index (κ2) is 8.64. The lowest BCUT2D eigenvalue weighted by Crippen LogP contribution is -2.39. The number of nitro groups is 1. The van der Waals surface area contributed by atoms with Crippen molar-refractivity contribution >= 4 is 13.8 Å². The number of nitro benzene ring substituents is 1. The highest BCUT2D eigenvalue weighted by atomic mass is 28.3. The third-order valence-electron chi connectivity index (χ3n) is 5.30. The number of rotatable bonds is 6. The predicted octanol–water partition coefficient (Wildman–Crippen LogP) is 5.78. The maximum atomic E-state index is 10.9. The minimum absolute atomic E-state index is 0.135. The van der Waals surface area contributed by atoms with Crippen molar-refractivity contribution in [2.45, 2.75) is 44.4 Å². The van der Waals surface area contributed by atoms with Gasteiger partial charge in [0, 0.05) is 23.2 Å². The molecule has 2 rings (SSSR count). The number of non-ortho nitro benzene ring substituents is 1. The Hall–Kier alpha value is -2.38. The Bertz CT molecular complexity index is 748. The molecule has 3 nitrogen and oxygen atoms in total. The first-order chi connectivity index (χ1) is 12.1. The third kappa shape index (κ3) is 4.37. The topological polar surface area (TPSA) is 43.1 Å². The standard InChI is InChI=1S/C21H25NO2Si/c1-4-25(5-2,6-3)21(17-12-18-10-8-7-9-11-18)19-13-15-20(16-14-19)22(23)24/h7-11,13-16,21H,4-6H2,1-3H3. The van der Waals surface area contributed by atoms with Gasteiger partial charge in [0.2, 0.25) is 0 Å². The van der Waals surface area contributed by atoms with Gasteiger partial charge in [-0.2, -0.15) is 0 Å². The summed E-state index contributed by atoms with van der Waals surface area (Å²) in [5.74, 6) is 6.88. The van der Waals surface area contributed by atoms with Crippen LogP contribution in [0, 0.1) is 22.0 Å². The van der Waals surface area contributed by atoms with Gasteiger partial charge in [-0.3, -0.25) is 10.1 Å². The quantitative estimate of drug-likeness (QED) is 0.287. The zero-order valence-electron chi connectivity index (χ0n) is 15.2. The van der Waals surface area contributed by atoms with Crippen LogP contribution in [0.1, 0.15) is 37.4 Å². The molecule has 2 aromatic carbocycles. The summed E-state index contributed by atoms with van der Waals surface area (Å²) in [4.78, 5) is 10.6. The highest BCUT2D eigenvalue weighted by molar-refractivity contribution is 6.81. The Morgan fingerprint density at radius 1 is 0.960 bits per heavy atom. The van der Waals surface area contributed by atoms with E-state index in [1.807, 2.05) is 42.5 Å². The summed E-state index contributed by atoms with van der Waals surface area (Å²) in [6.07, 6.45) is 0. The van der Waals surface area contributed by atoms with Gasteiger partial charge in [0.05, 0.1) is 13.0 Å². The second-order valence-electron chi connectivity index (χ2n) is 6.34. The van der Waals surface area contributed by atoms with Crippen LogP contribution in [-0.2, 0) is 0 Å². The lowest BCUT2D eigenvalue weighted by molar-refractivity contribution is -0.384. The van der Waals surface area contributed by atoms with E-state index >= 15 is 0 Å². The van der Waals surface area contributed by atoms with Gasteiger partial charge in [-0.15, -0.1) is 0 Å². The van der Waals surface area contributed by atoms with Crippen LogP contribution in [0.5, 0.6) is 0 Å². The molecule has 0 fully saturated rings. The highest BCUT2D eigenvalue weighted by Gasteiger charge is 2.36. The van der Waals surface area contributed by atoms with Crippen LogP contribution in [0.2, 0.25) is 18.1 Å². The summed E-state index contributed by atoms with van der Waals surface area (Å²) in [5, 5.41) is 10.9. The smallest absolute Gasteiger partial charge is 0.258 e. The molecule has 1 atom stereocenters. The number of nitrogens with zero attached hydrogens (tertiary/aromatic N) is 1. The zero-order valence-corrected chi connectivity index (χ0v) is 16.2. The van der Waals surface area contributed by atoms with Gasteiger partial charge in [-0.25, -0.2) is 0 Å².